The van der Waals surface area contributed by atoms with E-state index in [1.165, 1.54) is 17.9 Å². The average Bonchev–Trinajstić information content (AvgIpc) is 3.07. The van der Waals surface area contributed by atoms with Crippen LogP contribution in [0.25, 0.3) is 0 Å². The van der Waals surface area contributed by atoms with Gasteiger partial charge in [0, 0.05) is 33.7 Å². The summed E-state index contributed by atoms with van der Waals surface area (Å²) < 4.78 is 43.0. The second-order valence-corrected chi connectivity index (χ2v) is 11.2. The minimum atomic E-state index is -4.99. The number of ether oxygens (including phenoxy) is 1. The quantitative estimate of drug-likeness (QED) is 0.344. The predicted molar refractivity (Wildman–Crippen MR) is 128 cm³/mol. The molecule has 1 aromatic rings. The summed E-state index contributed by atoms with van der Waals surface area (Å²) in [7, 11) is 0. The number of alkyl halides is 3. The van der Waals surface area contributed by atoms with Gasteiger partial charge in [-0.1, -0.05) is 11.6 Å². The molecule has 1 heterocycles. The summed E-state index contributed by atoms with van der Waals surface area (Å²) in [6.45, 7) is 6.72. The Morgan fingerprint density at radius 3 is 2.34 bits per heavy atom. The number of phenols is 1. The van der Waals surface area contributed by atoms with Crippen molar-refractivity contribution < 1.29 is 42.2 Å². The smallest absolute Gasteiger partial charge is 0.508 e. The van der Waals surface area contributed by atoms with Crippen molar-refractivity contribution in [1.82, 2.24) is 4.90 Å². The third-order valence-corrected chi connectivity index (χ3v) is 7.78. The highest BCUT2D eigenvalue weighted by molar-refractivity contribution is 6.24. The van der Waals surface area contributed by atoms with Crippen LogP contribution in [0.15, 0.2) is 52.6 Å². The molecular formula is C28H26F3NO6. The fourth-order valence-corrected chi connectivity index (χ4v) is 6.34. The molecule has 38 heavy (non-hydrogen) atoms. The van der Waals surface area contributed by atoms with Gasteiger partial charge in [0.05, 0.1) is 11.8 Å². The zero-order valence-electron chi connectivity index (χ0n) is 21.2. The van der Waals surface area contributed by atoms with Crippen molar-refractivity contribution in [1.29, 1.82) is 0 Å². The first kappa shape index (κ1) is 25.9. The van der Waals surface area contributed by atoms with E-state index in [0.29, 0.717) is 5.57 Å². The molecule has 0 aromatic heterocycles. The number of hydrogen-bond acceptors (Lipinski definition) is 6. The summed E-state index contributed by atoms with van der Waals surface area (Å²) in [5.41, 5.74) is 0.0810. The largest absolute Gasteiger partial charge is 0.573 e. The van der Waals surface area contributed by atoms with E-state index in [9.17, 15) is 37.5 Å². The van der Waals surface area contributed by atoms with Crippen molar-refractivity contribution in [2.75, 3.05) is 0 Å². The molecule has 1 saturated heterocycles. The number of fused-ring (bicyclic) bond motifs is 3. The second kappa shape index (κ2) is 8.41. The molecule has 2 amide bonds. The monoisotopic (exact) mass is 529 g/mol. The number of imide groups is 1. The van der Waals surface area contributed by atoms with Crippen molar-refractivity contribution >= 4 is 23.4 Å². The van der Waals surface area contributed by atoms with Gasteiger partial charge in [-0.3, -0.25) is 24.1 Å². The zero-order valence-corrected chi connectivity index (χ0v) is 21.2. The summed E-state index contributed by atoms with van der Waals surface area (Å²) >= 11 is 0. The predicted octanol–water partition coefficient (Wildman–Crippen LogP) is 4.52. The first-order valence-electron chi connectivity index (χ1n) is 12.3. The lowest BCUT2D eigenvalue weighted by atomic mass is 9.59. The van der Waals surface area contributed by atoms with Crippen molar-refractivity contribution in [3.63, 3.8) is 0 Å². The van der Waals surface area contributed by atoms with Crippen LogP contribution in [0.4, 0.5) is 13.2 Å². The Labute approximate surface area is 216 Å². The van der Waals surface area contributed by atoms with Crippen LogP contribution < -0.4 is 4.74 Å². The average molecular weight is 530 g/mol. The molecule has 0 radical (unpaired) electrons. The number of aromatic hydroxyl groups is 1. The van der Waals surface area contributed by atoms with E-state index in [1.807, 2.05) is 0 Å². The Hall–Kier alpha value is -3.69. The molecule has 10 heteroatoms. The minimum Gasteiger partial charge on any atom is -0.508 e. The molecule has 200 valence electrons. The van der Waals surface area contributed by atoms with Gasteiger partial charge < -0.3 is 9.84 Å². The summed E-state index contributed by atoms with van der Waals surface area (Å²) in [4.78, 5) is 54.7. The van der Waals surface area contributed by atoms with Crippen LogP contribution in [0.5, 0.6) is 11.5 Å². The van der Waals surface area contributed by atoms with E-state index < -0.39 is 58.6 Å². The van der Waals surface area contributed by atoms with Crippen LogP contribution in [-0.4, -0.2) is 45.3 Å². The molecule has 1 fully saturated rings. The van der Waals surface area contributed by atoms with Crippen molar-refractivity contribution in [3.05, 3.63) is 58.2 Å². The fourth-order valence-electron chi connectivity index (χ4n) is 6.34. The molecule has 0 spiro atoms. The number of rotatable bonds is 2. The minimum absolute atomic E-state index is 0.0314. The van der Waals surface area contributed by atoms with E-state index in [0.717, 1.165) is 18.2 Å². The third-order valence-electron chi connectivity index (χ3n) is 7.78. The molecule has 4 unspecified atom stereocenters. The number of Topliss-reactive ketones (excluding diaryl/α,β-unsaturated/α-hetero) is 1. The third kappa shape index (κ3) is 3.97. The first-order chi connectivity index (χ1) is 17.6. The maximum absolute atomic E-state index is 13.6. The number of carbonyl (C=O) groups excluding carboxylic acids is 4. The number of hydrogen-bond donors (Lipinski definition) is 1. The zero-order chi connectivity index (χ0) is 27.9. The summed E-state index contributed by atoms with van der Waals surface area (Å²) in [6, 6.07) is 2.99. The van der Waals surface area contributed by atoms with Gasteiger partial charge in [0.25, 0.3) is 0 Å². The maximum Gasteiger partial charge on any atom is 0.573 e. The number of likely N-dealkylation sites (tertiary alicyclic amines) is 1. The Morgan fingerprint density at radius 2 is 1.71 bits per heavy atom. The molecule has 1 aromatic carbocycles. The normalized spacial score (nSPS) is 27.6. The van der Waals surface area contributed by atoms with Crippen LogP contribution in [0.1, 0.15) is 52.0 Å². The topological polar surface area (TPSA) is 101 Å². The number of phenolic OH excluding ortho intramolecular Hbond substituents is 1. The molecule has 1 aliphatic heterocycles. The van der Waals surface area contributed by atoms with Gasteiger partial charge in [0.15, 0.2) is 11.6 Å². The van der Waals surface area contributed by atoms with E-state index in [4.69, 9.17) is 0 Å². The number of halogens is 3. The number of carbonyl (C=O) groups is 4. The lowest BCUT2D eigenvalue weighted by molar-refractivity contribution is -0.274. The molecule has 4 aliphatic rings. The van der Waals surface area contributed by atoms with Gasteiger partial charge in [-0.25, -0.2) is 0 Å². The van der Waals surface area contributed by atoms with Crippen LogP contribution >= 0.6 is 0 Å². The summed E-state index contributed by atoms with van der Waals surface area (Å²) in [5.74, 6) is -5.79. The maximum atomic E-state index is 13.6. The summed E-state index contributed by atoms with van der Waals surface area (Å²) in [6.07, 6.45) is -1.83. The molecule has 4 atom stereocenters. The number of amides is 2. The highest BCUT2D eigenvalue weighted by Crippen LogP contribution is 2.56. The lowest BCUT2D eigenvalue weighted by Crippen LogP contribution is -2.46. The number of nitrogens with zero attached hydrogens (tertiary/aromatic N) is 1. The molecule has 0 bridgehead atoms. The second-order valence-electron chi connectivity index (χ2n) is 11.2. The molecule has 0 saturated carbocycles. The lowest BCUT2D eigenvalue weighted by Gasteiger charge is -2.42. The van der Waals surface area contributed by atoms with Gasteiger partial charge in [0.1, 0.15) is 11.5 Å². The van der Waals surface area contributed by atoms with E-state index in [1.54, 1.807) is 26.8 Å². The molecule has 5 rings (SSSR count). The van der Waals surface area contributed by atoms with Crippen molar-refractivity contribution in [3.8, 4) is 11.5 Å². The SMILES string of the molecule is CC1=CC(=O)C2=C(C1=O)C(c1cc(OC(F)(F)F)ccc1O)C1=CCC3C(=O)N(C(C)(C)C)C(=O)C3C1C2. The number of allylic oxidation sites excluding steroid dienone is 6. The molecular weight excluding hydrogens is 503 g/mol. The standard InChI is InChI=1S/C28H26F3NO6/c1-12-9-20(34)18-11-16-14(6-7-15-22(16)26(37)32(25(15)36)27(2,3)4)21(23(18)24(12)35)17-10-13(5-8-19(17)33)38-28(29,30)31/h5-6,8-10,15-16,21-22,33H,7,11H2,1-4H3. The van der Waals surface area contributed by atoms with Crippen molar-refractivity contribution in [2.24, 2.45) is 17.8 Å². The fraction of sp³-hybridized carbons (Fsp3) is 0.429. The molecule has 7 nitrogen and oxygen atoms in total. The van der Waals surface area contributed by atoms with Gasteiger partial charge in [-0.2, -0.15) is 0 Å². The van der Waals surface area contributed by atoms with Crippen LogP contribution in [0.3, 0.4) is 0 Å². The van der Waals surface area contributed by atoms with Gasteiger partial charge >= 0.3 is 6.36 Å². The summed E-state index contributed by atoms with van der Waals surface area (Å²) in [5, 5.41) is 10.8. The van der Waals surface area contributed by atoms with Gasteiger partial charge in [-0.15, -0.1) is 13.2 Å². The number of benzene rings is 1. The highest BCUT2D eigenvalue weighted by Gasteiger charge is 2.58. The van der Waals surface area contributed by atoms with E-state index >= 15 is 0 Å². The number of ketones is 2. The van der Waals surface area contributed by atoms with Crippen LogP contribution in [0, 0.1) is 17.8 Å². The Balaban J connectivity index is 1.70. The Kier molecular flexibility index (Phi) is 5.74. The first-order valence-corrected chi connectivity index (χ1v) is 12.3. The van der Waals surface area contributed by atoms with Crippen molar-refractivity contribution in [2.45, 2.75) is 58.4 Å². The molecule has 1 N–H and O–H groups in total. The van der Waals surface area contributed by atoms with Gasteiger partial charge in [0.2, 0.25) is 11.8 Å². The molecule has 3 aliphatic carbocycles. The Morgan fingerprint density at radius 1 is 1.03 bits per heavy atom. The van der Waals surface area contributed by atoms with E-state index in [2.05, 4.69) is 4.74 Å². The van der Waals surface area contributed by atoms with Crippen LogP contribution in [0.2, 0.25) is 0 Å². The Bertz CT molecular complexity index is 1390. The van der Waals surface area contributed by atoms with Gasteiger partial charge in [-0.05, 0) is 70.7 Å². The van der Waals surface area contributed by atoms with E-state index in [-0.39, 0.29) is 46.9 Å². The van der Waals surface area contributed by atoms with Crippen LogP contribution in [-0.2, 0) is 19.2 Å². The highest BCUT2D eigenvalue weighted by atomic mass is 19.4.